The lowest BCUT2D eigenvalue weighted by Crippen LogP contribution is -2.47. The number of nitrogens with zero attached hydrogens (tertiary/aromatic N) is 1. The molecule has 0 aromatic carbocycles. The average molecular weight is 268 g/mol. The SMILES string of the molecule is CC(=O)N[C@@H](CC(=O)O)C(=O)NCCc1cnc[nH]1. The third kappa shape index (κ3) is 5.66. The quantitative estimate of drug-likeness (QED) is 0.507. The molecular formula is C11H16N4O4. The van der Waals surface area contributed by atoms with Gasteiger partial charge in [-0.05, 0) is 0 Å². The summed E-state index contributed by atoms with van der Waals surface area (Å²) in [6, 6.07) is -1.06. The van der Waals surface area contributed by atoms with Crippen molar-refractivity contribution in [3.63, 3.8) is 0 Å². The van der Waals surface area contributed by atoms with Crippen LogP contribution in [0.25, 0.3) is 0 Å². The number of carboxylic acid groups (broad SMARTS) is 1. The van der Waals surface area contributed by atoms with Gasteiger partial charge in [0.1, 0.15) is 6.04 Å². The zero-order chi connectivity index (χ0) is 14.3. The largest absolute Gasteiger partial charge is 0.481 e. The van der Waals surface area contributed by atoms with Crippen molar-refractivity contribution in [2.75, 3.05) is 6.54 Å². The fourth-order valence-electron chi connectivity index (χ4n) is 1.49. The van der Waals surface area contributed by atoms with Gasteiger partial charge in [-0.15, -0.1) is 0 Å². The van der Waals surface area contributed by atoms with E-state index in [1.54, 1.807) is 6.20 Å². The molecule has 1 aromatic heterocycles. The molecule has 1 atom stereocenters. The number of imidazole rings is 1. The number of carbonyl (C=O) groups excluding carboxylic acids is 2. The first kappa shape index (κ1) is 14.7. The van der Waals surface area contributed by atoms with Crippen molar-refractivity contribution < 1.29 is 19.5 Å². The van der Waals surface area contributed by atoms with Crippen LogP contribution >= 0.6 is 0 Å². The third-order valence-electron chi connectivity index (χ3n) is 2.32. The number of carboxylic acids is 1. The highest BCUT2D eigenvalue weighted by Crippen LogP contribution is 1.95. The topological polar surface area (TPSA) is 124 Å². The van der Waals surface area contributed by atoms with Crippen molar-refractivity contribution in [3.05, 3.63) is 18.2 Å². The van der Waals surface area contributed by atoms with Crippen molar-refractivity contribution >= 4 is 17.8 Å². The summed E-state index contributed by atoms with van der Waals surface area (Å²) < 4.78 is 0. The van der Waals surface area contributed by atoms with Crippen molar-refractivity contribution in [2.45, 2.75) is 25.8 Å². The lowest BCUT2D eigenvalue weighted by atomic mass is 10.2. The summed E-state index contributed by atoms with van der Waals surface area (Å²) in [7, 11) is 0. The molecule has 8 nitrogen and oxygen atoms in total. The molecule has 2 amide bonds. The smallest absolute Gasteiger partial charge is 0.305 e. The third-order valence-corrected chi connectivity index (χ3v) is 2.32. The van der Waals surface area contributed by atoms with Crippen molar-refractivity contribution in [3.8, 4) is 0 Å². The number of hydrogen-bond acceptors (Lipinski definition) is 4. The second-order valence-electron chi connectivity index (χ2n) is 3.97. The first-order valence-electron chi connectivity index (χ1n) is 5.73. The predicted octanol–water partition coefficient (Wildman–Crippen LogP) is -0.952. The number of nitrogens with one attached hydrogen (secondary N) is 3. The Bertz CT molecular complexity index is 428. The van der Waals surface area contributed by atoms with E-state index in [-0.39, 0.29) is 0 Å². The monoisotopic (exact) mass is 268 g/mol. The number of aliphatic carboxylic acids is 1. The predicted molar refractivity (Wildman–Crippen MR) is 65.2 cm³/mol. The number of hydrogen-bond donors (Lipinski definition) is 4. The molecule has 1 aromatic rings. The number of H-pyrrole nitrogens is 1. The summed E-state index contributed by atoms with van der Waals surface area (Å²) in [4.78, 5) is 40.0. The van der Waals surface area contributed by atoms with Crippen LogP contribution < -0.4 is 10.6 Å². The Kier molecular flexibility index (Phi) is 5.52. The van der Waals surface area contributed by atoms with Crippen LogP contribution in [-0.4, -0.2) is 45.4 Å². The van der Waals surface area contributed by atoms with Crippen LogP contribution in [0.15, 0.2) is 12.5 Å². The van der Waals surface area contributed by atoms with Gasteiger partial charge in [0.05, 0.1) is 12.7 Å². The molecule has 0 saturated heterocycles. The van der Waals surface area contributed by atoms with Crippen LogP contribution in [0.3, 0.4) is 0 Å². The van der Waals surface area contributed by atoms with Gasteiger partial charge in [-0.1, -0.05) is 0 Å². The van der Waals surface area contributed by atoms with Gasteiger partial charge in [-0.25, -0.2) is 4.98 Å². The van der Waals surface area contributed by atoms with E-state index in [2.05, 4.69) is 20.6 Å². The maximum absolute atomic E-state index is 11.7. The highest BCUT2D eigenvalue weighted by atomic mass is 16.4. The Morgan fingerprint density at radius 2 is 2.21 bits per heavy atom. The van der Waals surface area contributed by atoms with E-state index in [1.165, 1.54) is 13.3 Å². The summed E-state index contributed by atoms with van der Waals surface area (Å²) >= 11 is 0. The second kappa shape index (κ2) is 7.14. The van der Waals surface area contributed by atoms with Crippen LogP contribution in [0.2, 0.25) is 0 Å². The highest BCUT2D eigenvalue weighted by Gasteiger charge is 2.21. The molecule has 1 rings (SSSR count). The fraction of sp³-hybridized carbons (Fsp3) is 0.455. The van der Waals surface area contributed by atoms with Crippen molar-refractivity contribution in [1.29, 1.82) is 0 Å². The minimum atomic E-state index is -1.15. The Labute approximate surface area is 109 Å². The molecular weight excluding hydrogens is 252 g/mol. The summed E-state index contributed by atoms with van der Waals surface area (Å²) in [5.41, 5.74) is 0.856. The second-order valence-corrected chi connectivity index (χ2v) is 3.97. The Hall–Kier alpha value is -2.38. The van der Waals surface area contributed by atoms with E-state index in [1.807, 2.05) is 0 Å². The number of rotatable bonds is 7. The fourth-order valence-corrected chi connectivity index (χ4v) is 1.49. The Morgan fingerprint density at radius 3 is 2.74 bits per heavy atom. The zero-order valence-electron chi connectivity index (χ0n) is 10.5. The van der Waals surface area contributed by atoms with E-state index in [4.69, 9.17) is 5.11 Å². The molecule has 0 spiro atoms. The maximum Gasteiger partial charge on any atom is 0.305 e. The lowest BCUT2D eigenvalue weighted by Gasteiger charge is -2.15. The minimum absolute atomic E-state index is 0.330. The summed E-state index contributed by atoms with van der Waals surface area (Å²) in [5, 5.41) is 13.5. The first-order chi connectivity index (χ1) is 8.99. The molecule has 104 valence electrons. The Balaban J connectivity index is 2.42. The molecule has 1 heterocycles. The Morgan fingerprint density at radius 1 is 1.47 bits per heavy atom. The van der Waals surface area contributed by atoms with Crippen LogP contribution in [0.4, 0.5) is 0 Å². The van der Waals surface area contributed by atoms with E-state index in [0.29, 0.717) is 13.0 Å². The number of aromatic nitrogens is 2. The van der Waals surface area contributed by atoms with Crippen LogP contribution in [0.1, 0.15) is 19.0 Å². The first-order valence-corrected chi connectivity index (χ1v) is 5.73. The van der Waals surface area contributed by atoms with Gasteiger partial charge >= 0.3 is 5.97 Å². The minimum Gasteiger partial charge on any atom is -0.481 e. The van der Waals surface area contributed by atoms with Gasteiger partial charge in [0.2, 0.25) is 11.8 Å². The highest BCUT2D eigenvalue weighted by molar-refractivity contribution is 5.90. The lowest BCUT2D eigenvalue weighted by molar-refractivity contribution is -0.140. The normalized spacial score (nSPS) is 11.6. The van der Waals surface area contributed by atoms with Crippen LogP contribution in [-0.2, 0) is 20.8 Å². The molecule has 0 aliphatic heterocycles. The van der Waals surface area contributed by atoms with Crippen LogP contribution in [0, 0.1) is 0 Å². The molecule has 0 fully saturated rings. The molecule has 0 saturated carbocycles. The van der Waals surface area contributed by atoms with Gasteiger partial charge in [0.15, 0.2) is 0 Å². The number of amides is 2. The molecule has 0 aliphatic rings. The van der Waals surface area contributed by atoms with E-state index in [9.17, 15) is 14.4 Å². The van der Waals surface area contributed by atoms with Gasteiger partial charge < -0.3 is 20.7 Å². The number of aromatic amines is 1. The molecule has 0 bridgehead atoms. The molecule has 0 radical (unpaired) electrons. The molecule has 4 N–H and O–H groups in total. The number of carbonyl (C=O) groups is 3. The van der Waals surface area contributed by atoms with Crippen molar-refractivity contribution in [1.82, 2.24) is 20.6 Å². The van der Waals surface area contributed by atoms with Gasteiger partial charge in [-0.3, -0.25) is 14.4 Å². The van der Waals surface area contributed by atoms with E-state index < -0.39 is 30.2 Å². The van der Waals surface area contributed by atoms with Crippen molar-refractivity contribution in [2.24, 2.45) is 0 Å². The van der Waals surface area contributed by atoms with E-state index >= 15 is 0 Å². The van der Waals surface area contributed by atoms with E-state index in [0.717, 1.165) is 5.69 Å². The molecule has 0 aliphatic carbocycles. The standard InChI is InChI=1S/C11H16N4O4/c1-7(16)15-9(4-10(17)18)11(19)13-3-2-8-5-12-6-14-8/h5-6,9H,2-4H2,1H3,(H,12,14)(H,13,19)(H,15,16)(H,17,18)/t9-/m0/s1. The van der Waals surface area contributed by atoms with Crippen LogP contribution in [0.5, 0.6) is 0 Å². The summed E-state index contributed by atoms with van der Waals surface area (Å²) in [6.45, 7) is 1.56. The summed E-state index contributed by atoms with van der Waals surface area (Å²) in [5.74, 6) is -2.12. The maximum atomic E-state index is 11.7. The molecule has 19 heavy (non-hydrogen) atoms. The zero-order valence-corrected chi connectivity index (χ0v) is 10.5. The van der Waals surface area contributed by atoms with Gasteiger partial charge in [-0.2, -0.15) is 0 Å². The molecule has 8 heteroatoms. The van der Waals surface area contributed by atoms with Gasteiger partial charge in [0.25, 0.3) is 0 Å². The molecule has 0 unspecified atom stereocenters. The average Bonchev–Trinajstić information content (AvgIpc) is 2.79. The summed E-state index contributed by atoms with van der Waals surface area (Å²) in [6.07, 6.45) is 3.26. The van der Waals surface area contributed by atoms with Gasteiger partial charge in [0, 0.05) is 31.8 Å².